The minimum Gasteiger partial charge on any atom is -0.350 e. The number of allylic oxidation sites excluding steroid dienone is 1. The number of aromatic nitrogens is 1. The van der Waals surface area contributed by atoms with Crippen LogP contribution in [0.3, 0.4) is 0 Å². The van der Waals surface area contributed by atoms with E-state index in [4.69, 9.17) is 0 Å². The van der Waals surface area contributed by atoms with E-state index in [1.54, 1.807) is 17.8 Å². The minimum atomic E-state index is 0.0504. The number of rotatable bonds is 5. The van der Waals surface area contributed by atoms with Crippen LogP contribution in [-0.4, -0.2) is 16.1 Å². The van der Waals surface area contributed by atoms with Crippen LogP contribution in [0.2, 0.25) is 0 Å². The van der Waals surface area contributed by atoms with Crippen LogP contribution in [0.4, 0.5) is 0 Å². The standard InChI is InChI=1S/C20H19NOS/c1-3-23-20(13-19(22)15-9-5-4-6-10-15)17-14-21(2)18-12-8-7-11-16(17)18/h4-14H,3H2,1-2H3. The molecule has 0 aliphatic rings. The van der Waals surface area contributed by atoms with E-state index < -0.39 is 0 Å². The largest absolute Gasteiger partial charge is 0.350 e. The van der Waals surface area contributed by atoms with Crippen molar-refractivity contribution in [2.45, 2.75) is 6.92 Å². The second kappa shape index (κ2) is 6.88. The number of carbonyl (C=O) groups excluding carboxylic acids is 1. The molecule has 0 atom stereocenters. The molecule has 3 rings (SSSR count). The van der Waals surface area contributed by atoms with Crippen molar-refractivity contribution in [3.63, 3.8) is 0 Å². The normalized spacial score (nSPS) is 11.8. The molecular formula is C20H19NOS. The maximum absolute atomic E-state index is 12.5. The Morgan fingerprint density at radius 3 is 2.52 bits per heavy atom. The van der Waals surface area contributed by atoms with E-state index in [1.165, 1.54) is 10.9 Å². The molecule has 3 aromatic rings. The zero-order valence-corrected chi connectivity index (χ0v) is 14.1. The summed E-state index contributed by atoms with van der Waals surface area (Å²) in [5.41, 5.74) is 3.03. The molecule has 0 aliphatic heterocycles. The lowest BCUT2D eigenvalue weighted by atomic mass is 10.1. The first-order valence-electron chi connectivity index (χ1n) is 7.69. The lowest BCUT2D eigenvalue weighted by Gasteiger charge is -2.05. The zero-order valence-electron chi connectivity index (χ0n) is 13.3. The van der Waals surface area contributed by atoms with Gasteiger partial charge in [0, 0.05) is 46.3 Å². The summed E-state index contributed by atoms with van der Waals surface area (Å²) in [6, 6.07) is 17.7. The van der Waals surface area contributed by atoms with Gasteiger partial charge < -0.3 is 4.57 Å². The number of ketones is 1. The SMILES string of the molecule is CCSC(=CC(=O)c1ccccc1)c1cn(C)c2ccccc12. The van der Waals surface area contributed by atoms with Gasteiger partial charge in [0.25, 0.3) is 0 Å². The number of nitrogens with zero attached hydrogens (tertiary/aromatic N) is 1. The molecule has 2 nitrogen and oxygen atoms in total. The number of hydrogen-bond donors (Lipinski definition) is 0. The summed E-state index contributed by atoms with van der Waals surface area (Å²) in [7, 11) is 2.04. The highest BCUT2D eigenvalue weighted by Crippen LogP contribution is 2.34. The van der Waals surface area contributed by atoms with Crippen LogP contribution in [-0.2, 0) is 7.05 Å². The summed E-state index contributed by atoms with van der Waals surface area (Å²) in [5.74, 6) is 0.978. The number of para-hydroxylation sites is 1. The lowest BCUT2D eigenvalue weighted by Crippen LogP contribution is -1.95. The summed E-state index contributed by atoms with van der Waals surface area (Å²) < 4.78 is 2.11. The van der Waals surface area contributed by atoms with E-state index in [0.717, 1.165) is 21.8 Å². The third-order valence-corrected chi connectivity index (χ3v) is 4.72. The summed E-state index contributed by atoms with van der Waals surface area (Å²) in [6.07, 6.45) is 3.88. The van der Waals surface area contributed by atoms with Crippen LogP contribution in [0.15, 0.2) is 66.9 Å². The number of aryl methyl sites for hydroxylation is 1. The van der Waals surface area contributed by atoms with Gasteiger partial charge in [0.05, 0.1) is 0 Å². The number of carbonyl (C=O) groups is 1. The Morgan fingerprint density at radius 2 is 1.78 bits per heavy atom. The van der Waals surface area contributed by atoms with Crippen molar-refractivity contribution in [1.82, 2.24) is 4.57 Å². The predicted octanol–water partition coefficient (Wildman–Crippen LogP) is 5.16. The van der Waals surface area contributed by atoms with Crippen LogP contribution >= 0.6 is 11.8 Å². The Balaban J connectivity index is 2.07. The summed E-state index contributed by atoms with van der Waals surface area (Å²) >= 11 is 1.71. The molecule has 0 spiro atoms. The number of fused-ring (bicyclic) bond motifs is 1. The summed E-state index contributed by atoms with van der Waals surface area (Å²) in [6.45, 7) is 2.11. The molecule has 3 heteroatoms. The van der Waals surface area contributed by atoms with E-state index in [2.05, 4.69) is 29.8 Å². The first-order chi connectivity index (χ1) is 11.2. The Kier molecular flexibility index (Phi) is 4.68. The number of hydrogen-bond acceptors (Lipinski definition) is 2. The smallest absolute Gasteiger partial charge is 0.186 e. The average molecular weight is 321 g/mol. The Labute approximate surface area is 140 Å². The third kappa shape index (κ3) is 3.25. The van der Waals surface area contributed by atoms with Crippen LogP contribution < -0.4 is 0 Å². The van der Waals surface area contributed by atoms with Crippen LogP contribution in [0.5, 0.6) is 0 Å². The first-order valence-corrected chi connectivity index (χ1v) is 8.67. The van der Waals surface area contributed by atoms with Gasteiger partial charge in [-0.05, 0) is 11.8 Å². The minimum absolute atomic E-state index is 0.0504. The van der Waals surface area contributed by atoms with Crippen molar-refractivity contribution in [2.75, 3.05) is 5.75 Å². The van der Waals surface area contributed by atoms with E-state index >= 15 is 0 Å². The van der Waals surface area contributed by atoms with Crippen molar-refractivity contribution in [2.24, 2.45) is 7.05 Å². The molecule has 0 amide bonds. The third-order valence-electron chi connectivity index (χ3n) is 3.78. The maximum Gasteiger partial charge on any atom is 0.186 e. The van der Waals surface area contributed by atoms with Gasteiger partial charge in [0.15, 0.2) is 5.78 Å². The number of benzene rings is 2. The predicted molar refractivity (Wildman–Crippen MR) is 99.8 cm³/mol. The molecule has 0 saturated heterocycles. The number of thioether (sulfide) groups is 1. The van der Waals surface area contributed by atoms with Crippen molar-refractivity contribution < 1.29 is 4.79 Å². The van der Waals surface area contributed by atoms with Crippen molar-refractivity contribution in [3.8, 4) is 0 Å². The van der Waals surface area contributed by atoms with Gasteiger partial charge in [-0.25, -0.2) is 0 Å². The van der Waals surface area contributed by atoms with Crippen molar-refractivity contribution >= 4 is 33.4 Å². The molecule has 0 N–H and O–H groups in total. The van der Waals surface area contributed by atoms with Crippen LogP contribution in [0, 0.1) is 0 Å². The quantitative estimate of drug-likeness (QED) is 0.478. The average Bonchev–Trinajstić information content (AvgIpc) is 2.92. The molecule has 0 unspecified atom stereocenters. The van der Waals surface area contributed by atoms with Gasteiger partial charge in [-0.2, -0.15) is 0 Å². The van der Waals surface area contributed by atoms with Crippen molar-refractivity contribution in [1.29, 1.82) is 0 Å². The molecule has 0 aliphatic carbocycles. The van der Waals surface area contributed by atoms with E-state index in [1.807, 2.05) is 49.5 Å². The van der Waals surface area contributed by atoms with Crippen LogP contribution in [0.1, 0.15) is 22.8 Å². The lowest BCUT2D eigenvalue weighted by molar-refractivity contribution is 0.104. The molecule has 1 aromatic heterocycles. The fraction of sp³-hybridized carbons (Fsp3) is 0.150. The molecule has 0 fully saturated rings. The second-order valence-electron chi connectivity index (χ2n) is 5.34. The molecule has 0 radical (unpaired) electrons. The molecule has 0 saturated carbocycles. The second-order valence-corrected chi connectivity index (χ2v) is 6.65. The fourth-order valence-corrected chi connectivity index (χ4v) is 3.52. The van der Waals surface area contributed by atoms with E-state index in [0.29, 0.717) is 0 Å². The summed E-state index contributed by atoms with van der Waals surface area (Å²) in [4.78, 5) is 13.6. The van der Waals surface area contributed by atoms with Crippen LogP contribution in [0.25, 0.3) is 15.8 Å². The van der Waals surface area contributed by atoms with Crippen molar-refractivity contribution in [3.05, 3.63) is 78.0 Å². The highest BCUT2D eigenvalue weighted by Gasteiger charge is 2.13. The molecule has 23 heavy (non-hydrogen) atoms. The Bertz CT molecular complexity index is 862. The molecule has 1 heterocycles. The fourth-order valence-electron chi connectivity index (χ4n) is 2.70. The molecule has 116 valence electrons. The van der Waals surface area contributed by atoms with Gasteiger partial charge in [-0.3, -0.25) is 4.79 Å². The van der Waals surface area contributed by atoms with E-state index in [-0.39, 0.29) is 5.78 Å². The Morgan fingerprint density at radius 1 is 1.09 bits per heavy atom. The zero-order chi connectivity index (χ0) is 16.2. The molecule has 0 bridgehead atoms. The first kappa shape index (κ1) is 15.6. The van der Waals surface area contributed by atoms with Gasteiger partial charge in [-0.15, -0.1) is 11.8 Å². The summed E-state index contributed by atoms with van der Waals surface area (Å²) in [5, 5.41) is 1.18. The topological polar surface area (TPSA) is 22.0 Å². The monoisotopic (exact) mass is 321 g/mol. The highest BCUT2D eigenvalue weighted by molar-refractivity contribution is 8.08. The molecular weight excluding hydrogens is 302 g/mol. The Hall–Kier alpha value is -2.26. The molecule has 2 aromatic carbocycles. The van der Waals surface area contributed by atoms with Gasteiger partial charge in [-0.1, -0.05) is 55.5 Å². The van der Waals surface area contributed by atoms with E-state index in [9.17, 15) is 4.79 Å². The van der Waals surface area contributed by atoms with Gasteiger partial charge >= 0.3 is 0 Å². The van der Waals surface area contributed by atoms with Gasteiger partial charge in [0.1, 0.15) is 0 Å². The highest BCUT2D eigenvalue weighted by atomic mass is 32.2. The van der Waals surface area contributed by atoms with Gasteiger partial charge in [0.2, 0.25) is 0 Å². The maximum atomic E-state index is 12.5.